The first kappa shape index (κ1) is 17.9. The molecule has 0 spiro atoms. The van der Waals surface area contributed by atoms with Crippen LogP contribution in [0.1, 0.15) is 11.1 Å². The highest BCUT2D eigenvalue weighted by Crippen LogP contribution is 2.28. The van der Waals surface area contributed by atoms with Crippen molar-refractivity contribution in [3.63, 3.8) is 0 Å². The summed E-state index contributed by atoms with van der Waals surface area (Å²) in [6.45, 7) is 0.496. The van der Waals surface area contributed by atoms with Crippen LogP contribution in [-0.2, 0) is 11.3 Å². The number of methoxy groups -OCH3 is 2. The van der Waals surface area contributed by atoms with Gasteiger partial charge in [-0.25, -0.2) is 0 Å². The fourth-order valence-electron chi connectivity index (χ4n) is 2.24. The molecular weight excluding hydrogens is 326 g/mol. The number of hydrogen-bond acceptors (Lipinski definition) is 3. The van der Waals surface area contributed by atoms with Crippen molar-refractivity contribution in [2.75, 3.05) is 21.3 Å². The molecule has 5 heteroatoms. The Kier molecular flexibility index (Phi) is 6.27. The van der Waals surface area contributed by atoms with Gasteiger partial charge >= 0.3 is 0 Å². The molecule has 2 rings (SSSR count). The third-order valence-corrected chi connectivity index (χ3v) is 3.75. The fourth-order valence-corrected chi connectivity index (χ4v) is 2.45. The maximum absolute atomic E-state index is 12.2. The molecule has 0 aromatic heterocycles. The van der Waals surface area contributed by atoms with Crippen LogP contribution in [-0.4, -0.2) is 32.1 Å². The molecule has 0 fully saturated rings. The number of carbonyl (C=O) groups excluding carboxylic acids is 1. The van der Waals surface area contributed by atoms with Gasteiger partial charge in [-0.3, -0.25) is 4.79 Å². The summed E-state index contributed by atoms with van der Waals surface area (Å²) in [5, 5.41) is 0.661. The van der Waals surface area contributed by atoms with E-state index in [0.29, 0.717) is 23.1 Å². The molecule has 2 aromatic rings. The summed E-state index contributed by atoms with van der Waals surface area (Å²) in [5.74, 6) is 1.18. The van der Waals surface area contributed by atoms with Crippen LogP contribution in [0, 0.1) is 0 Å². The third kappa shape index (κ3) is 4.77. The SMILES string of the molecule is COc1ccc(C=CC(=O)N(C)Cc2cccc(Cl)c2)cc1OC. The Morgan fingerprint density at radius 1 is 1.12 bits per heavy atom. The molecule has 0 heterocycles. The van der Waals surface area contributed by atoms with Crippen molar-refractivity contribution in [3.8, 4) is 11.5 Å². The standard InChI is InChI=1S/C19H20ClNO3/c1-21(13-15-5-4-6-16(20)11-15)19(22)10-8-14-7-9-17(23-2)18(12-14)24-3/h4-12H,13H2,1-3H3. The van der Waals surface area contributed by atoms with E-state index in [2.05, 4.69) is 0 Å². The highest BCUT2D eigenvalue weighted by atomic mass is 35.5. The average molecular weight is 346 g/mol. The number of ether oxygens (including phenoxy) is 2. The lowest BCUT2D eigenvalue weighted by Crippen LogP contribution is -2.24. The Labute approximate surface area is 147 Å². The summed E-state index contributed by atoms with van der Waals surface area (Å²) in [6, 6.07) is 13.0. The quantitative estimate of drug-likeness (QED) is 0.742. The Bertz CT molecular complexity index is 743. The lowest BCUT2D eigenvalue weighted by molar-refractivity contribution is -0.125. The molecule has 0 aliphatic heterocycles. The number of benzene rings is 2. The molecule has 0 radical (unpaired) electrons. The molecule has 0 aliphatic rings. The molecule has 24 heavy (non-hydrogen) atoms. The number of nitrogens with zero attached hydrogens (tertiary/aromatic N) is 1. The smallest absolute Gasteiger partial charge is 0.246 e. The van der Waals surface area contributed by atoms with Gasteiger partial charge in [-0.05, 0) is 41.5 Å². The molecule has 126 valence electrons. The van der Waals surface area contributed by atoms with Gasteiger partial charge in [-0.15, -0.1) is 0 Å². The van der Waals surface area contributed by atoms with Crippen molar-refractivity contribution in [2.24, 2.45) is 0 Å². The zero-order chi connectivity index (χ0) is 17.5. The summed E-state index contributed by atoms with van der Waals surface area (Å²) in [7, 11) is 4.92. The average Bonchev–Trinajstić information content (AvgIpc) is 2.59. The Hall–Kier alpha value is -2.46. The van der Waals surface area contributed by atoms with Crippen molar-refractivity contribution in [2.45, 2.75) is 6.54 Å². The van der Waals surface area contributed by atoms with Gasteiger partial charge in [0.25, 0.3) is 0 Å². The fraction of sp³-hybridized carbons (Fsp3) is 0.211. The maximum atomic E-state index is 12.2. The van der Waals surface area contributed by atoms with Crippen LogP contribution in [0.2, 0.25) is 5.02 Å². The van der Waals surface area contributed by atoms with Gasteiger partial charge in [-0.1, -0.05) is 29.8 Å². The molecular formula is C19H20ClNO3. The molecule has 0 saturated carbocycles. The van der Waals surface area contributed by atoms with Gasteiger partial charge in [-0.2, -0.15) is 0 Å². The molecule has 0 unspecified atom stereocenters. The van der Waals surface area contributed by atoms with Crippen LogP contribution in [0.15, 0.2) is 48.5 Å². The van der Waals surface area contributed by atoms with Crippen LogP contribution in [0.5, 0.6) is 11.5 Å². The number of rotatable bonds is 6. The van der Waals surface area contributed by atoms with Crippen molar-refractivity contribution in [3.05, 3.63) is 64.7 Å². The molecule has 0 saturated heterocycles. The van der Waals surface area contributed by atoms with E-state index < -0.39 is 0 Å². The molecule has 4 nitrogen and oxygen atoms in total. The first-order chi connectivity index (χ1) is 11.5. The van der Waals surface area contributed by atoms with E-state index in [1.54, 1.807) is 38.3 Å². The summed E-state index contributed by atoms with van der Waals surface area (Å²) >= 11 is 5.96. The van der Waals surface area contributed by atoms with Gasteiger partial charge in [0, 0.05) is 24.7 Å². The summed E-state index contributed by atoms with van der Waals surface area (Å²) in [5.41, 5.74) is 1.84. The van der Waals surface area contributed by atoms with E-state index in [1.165, 1.54) is 6.08 Å². The van der Waals surface area contributed by atoms with E-state index in [9.17, 15) is 4.79 Å². The predicted molar refractivity (Wildman–Crippen MR) is 96.5 cm³/mol. The summed E-state index contributed by atoms with van der Waals surface area (Å²) in [6.07, 6.45) is 3.28. The van der Waals surface area contributed by atoms with E-state index >= 15 is 0 Å². The monoisotopic (exact) mass is 345 g/mol. The molecule has 0 N–H and O–H groups in total. The van der Waals surface area contributed by atoms with E-state index in [1.807, 2.05) is 36.4 Å². The third-order valence-electron chi connectivity index (χ3n) is 3.51. The number of halogens is 1. The zero-order valence-electron chi connectivity index (χ0n) is 14.0. The van der Waals surface area contributed by atoms with Gasteiger partial charge in [0.2, 0.25) is 5.91 Å². The second-order valence-corrected chi connectivity index (χ2v) is 5.71. The van der Waals surface area contributed by atoms with E-state index in [-0.39, 0.29) is 5.91 Å². The van der Waals surface area contributed by atoms with Crippen LogP contribution >= 0.6 is 11.6 Å². The minimum absolute atomic E-state index is 0.0928. The minimum Gasteiger partial charge on any atom is -0.493 e. The molecule has 2 aromatic carbocycles. The molecule has 0 aliphatic carbocycles. The Morgan fingerprint density at radius 3 is 2.54 bits per heavy atom. The Balaban J connectivity index is 2.04. The first-order valence-corrected chi connectivity index (χ1v) is 7.81. The second-order valence-electron chi connectivity index (χ2n) is 5.27. The minimum atomic E-state index is -0.0928. The second kappa shape index (κ2) is 8.41. The summed E-state index contributed by atoms with van der Waals surface area (Å²) < 4.78 is 10.5. The summed E-state index contributed by atoms with van der Waals surface area (Å²) in [4.78, 5) is 13.9. The van der Waals surface area contributed by atoms with Crippen LogP contribution < -0.4 is 9.47 Å². The molecule has 0 atom stereocenters. The first-order valence-electron chi connectivity index (χ1n) is 7.43. The number of amides is 1. The van der Waals surface area contributed by atoms with E-state index in [0.717, 1.165) is 11.1 Å². The van der Waals surface area contributed by atoms with Gasteiger partial charge < -0.3 is 14.4 Å². The normalized spacial score (nSPS) is 10.7. The predicted octanol–water partition coefficient (Wildman–Crippen LogP) is 4.03. The lowest BCUT2D eigenvalue weighted by Gasteiger charge is -2.15. The molecule has 1 amide bonds. The van der Waals surface area contributed by atoms with Gasteiger partial charge in [0.15, 0.2) is 11.5 Å². The van der Waals surface area contributed by atoms with Gasteiger partial charge in [0.1, 0.15) is 0 Å². The van der Waals surface area contributed by atoms with Crippen LogP contribution in [0.25, 0.3) is 6.08 Å². The topological polar surface area (TPSA) is 38.8 Å². The highest BCUT2D eigenvalue weighted by molar-refractivity contribution is 6.30. The van der Waals surface area contributed by atoms with E-state index in [4.69, 9.17) is 21.1 Å². The van der Waals surface area contributed by atoms with Crippen molar-refractivity contribution in [1.82, 2.24) is 4.90 Å². The van der Waals surface area contributed by atoms with Crippen molar-refractivity contribution in [1.29, 1.82) is 0 Å². The Morgan fingerprint density at radius 2 is 1.88 bits per heavy atom. The number of likely N-dealkylation sites (N-methyl/N-ethyl adjacent to an activating group) is 1. The largest absolute Gasteiger partial charge is 0.493 e. The van der Waals surface area contributed by atoms with Gasteiger partial charge in [0.05, 0.1) is 14.2 Å². The van der Waals surface area contributed by atoms with Crippen molar-refractivity contribution < 1.29 is 14.3 Å². The number of carbonyl (C=O) groups is 1. The zero-order valence-corrected chi connectivity index (χ0v) is 14.7. The highest BCUT2D eigenvalue weighted by Gasteiger charge is 2.07. The van der Waals surface area contributed by atoms with Crippen molar-refractivity contribution >= 4 is 23.6 Å². The number of hydrogen-bond donors (Lipinski definition) is 0. The maximum Gasteiger partial charge on any atom is 0.246 e. The van der Waals surface area contributed by atoms with Crippen LogP contribution in [0.4, 0.5) is 0 Å². The lowest BCUT2D eigenvalue weighted by atomic mass is 10.1. The van der Waals surface area contributed by atoms with Crippen LogP contribution in [0.3, 0.4) is 0 Å². The molecule has 0 bridgehead atoms.